The normalized spacial score (nSPS) is 12.3. The Morgan fingerprint density at radius 2 is 2.11 bits per heavy atom. The molecule has 0 radical (unpaired) electrons. The molecule has 0 bridgehead atoms. The number of alkyl halides is 1. The van der Waals surface area contributed by atoms with Crippen LogP contribution >= 0.6 is 31.9 Å². The van der Waals surface area contributed by atoms with Gasteiger partial charge in [0.15, 0.2) is 0 Å². The van der Waals surface area contributed by atoms with Gasteiger partial charge in [0, 0.05) is 15.8 Å². The third kappa shape index (κ3) is 5.15. The van der Waals surface area contributed by atoms with Crippen LogP contribution in [-0.2, 0) is 0 Å². The number of hydrogen-bond donors (Lipinski definition) is 1. The first kappa shape index (κ1) is 16.5. The lowest BCUT2D eigenvalue weighted by molar-refractivity contribution is 0.0934. The van der Waals surface area contributed by atoms with Crippen LogP contribution in [0.25, 0.3) is 0 Å². The fraction of sp³-hybridized carbons (Fsp3) is 0.500. The van der Waals surface area contributed by atoms with Gasteiger partial charge in [-0.3, -0.25) is 4.79 Å². The van der Waals surface area contributed by atoms with Crippen LogP contribution < -0.4 is 10.1 Å². The van der Waals surface area contributed by atoms with Crippen molar-refractivity contribution < 1.29 is 9.53 Å². The predicted molar refractivity (Wildman–Crippen MR) is 85.2 cm³/mol. The Balaban J connectivity index is 2.82. The van der Waals surface area contributed by atoms with Crippen molar-refractivity contribution in [1.29, 1.82) is 0 Å². The number of benzene rings is 1. The number of ether oxygens (including phenoxy) is 1. The van der Waals surface area contributed by atoms with E-state index in [1.54, 1.807) is 19.2 Å². The van der Waals surface area contributed by atoms with Crippen molar-refractivity contribution in [3.05, 3.63) is 28.2 Å². The highest BCUT2D eigenvalue weighted by Gasteiger charge is 2.17. The first-order chi connectivity index (χ1) is 8.97. The fourth-order valence-electron chi connectivity index (χ4n) is 1.85. The number of amides is 1. The summed E-state index contributed by atoms with van der Waals surface area (Å²) in [6.45, 7) is 4.28. The summed E-state index contributed by atoms with van der Waals surface area (Å²) in [7, 11) is 1.56. The molecule has 0 aromatic heterocycles. The number of halogens is 2. The number of carbonyl (C=O) groups excluding carboxylic acids is 1. The molecule has 1 aromatic carbocycles. The van der Waals surface area contributed by atoms with E-state index >= 15 is 0 Å². The Kier molecular flexibility index (Phi) is 6.86. The summed E-state index contributed by atoms with van der Waals surface area (Å²) >= 11 is 6.80. The standard InChI is InChI=1S/C14H19Br2NO2/c1-9(2)6-11(8-15)17-14(18)12-5-4-10(16)7-13(12)19-3/h4-5,7,9,11H,6,8H2,1-3H3,(H,17,18). The minimum absolute atomic E-state index is 0.102. The van der Waals surface area contributed by atoms with Gasteiger partial charge in [-0.05, 0) is 30.5 Å². The van der Waals surface area contributed by atoms with Crippen LogP contribution in [-0.4, -0.2) is 24.4 Å². The van der Waals surface area contributed by atoms with Gasteiger partial charge in [0.25, 0.3) is 5.91 Å². The van der Waals surface area contributed by atoms with Gasteiger partial charge in [-0.15, -0.1) is 0 Å². The zero-order chi connectivity index (χ0) is 14.4. The summed E-state index contributed by atoms with van der Waals surface area (Å²) in [5.74, 6) is 1.01. The number of carbonyl (C=O) groups is 1. The second kappa shape index (κ2) is 7.90. The zero-order valence-electron chi connectivity index (χ0n) is 11.4. The lowest BCUT2D eigenvalue weighted by Crippen LogP contribution is -2.37. The van der Waals surface area contributed by atoms with Crippen molar-refractivity contribution in [2.75, 3.05) is 12.4 Å². The summed E-state index contributed by atoms with van der Waals surface area (Å²) < 4.78 is 6.13. The first-order valence-corrected chi connectivity index (χ1v) is 8.09. The van der Waals surface area contributed by atoms with Gasteiger partial charge in [0.05, 0.1) is 12.7 Å². The molecule has 106 valence electrons. The Hall–Kier alpha value is -0.550. The number of nitrogens with one attached hydrogen (secondary N) is 1. The highest BCUT2D eigenvalue weighted by Crippen LogP contribution is 2.23. The summed E-state index contributed by atoms with van der Waals surface area (Å²) in [5.41, 5.74) is 0.556. The van der Waals surface area contributed by atoms with Gasteiger partial charge in [-0.25, -0.2) is 0 Å². The van der Waals surface area contributed by atoms with E-state index in [0.717, 1.165) is 16.2 Å². The molecule has 1 unspecified atom stereocenters. The van der Waals surface area contributed by atoms with Crippen LogP contribution in [0.2, 0.25) is 0 Å². The Labute approximate surface area is 131 Å². The van der Waals surface area contributed by atoms with Crippen molar-refractivity contribution in [3.8, 4) is 5.75 Å². The maximum absolute atomic E-state index is 12.3. The molecule has 1 N–H and O–H groups in total. The number of methoxy groups -OCH3 is 1. The molecular formula is C14H19Br2NO2. The molecule has 0 aliphatic heterocycles. The molecule has 1 rings (SSSR count). The molecular weight excluding hydrogens is 374 g/mol. The SMILES string of the molecule is COc1cc(Br)ccc1C(=O)NC(CBr)CC(C)C. The van der Waals surface area contributed by atoms with Crippen molar-refractivity contribution >= 4 is 37.8 Å². The molecule has 0 aliphatic rings. The van der Waals surface area contributed by atoms with Gasteiger partial charge in [0.2, 0.25) is 0 Å². The molecule has 3 nitrogen and oxygen atoms in total. The van der Waals surface area contributed by atoms with Gasteiger partial charge < -0.3 is 10.1 Å². The summed E-state index contributed by atoms with van der Waals surface area (Å²) in [5, 5.41) is 3.77. The van der Waals surface area contributed by atoms with Crippen molar-refractivity contribution in [3.63, 3.8) is 0 Å². The predicted octanol–water partition coefficient (Wildman–Crippen LogP) is 4.00. The van der Waals surface area contributed by atoms with Crippen LogP contribution in [0.3, 0.4) is 0 Å². The molecule has 19 heavy (non-hydrogen) atoms. The molecule has 0 fully saturated rings. The van der Waals surface area contributed by atoms with Gasteiger partial charge >= 0.3 is 0 Å². The second-order valence-electron chi connectivity index (χ2n) is 4.80. The van der Waals surface area contributed by atoms with Crippen molar-refractivity contribution in [2.24, 2.45) is 5.92 Å². The zero-order valence-corrected chi connectivity index (χ0v) is 14.5. The quantitative estimate of drug-likeness (QED) is 0.743. The molecule has 1 amide bonds. The molecule has 0 heterocycles. The molecule has 0 saturated heterocycles. The van der Waals surface area contributed by atoms with Crippen molar-refractivity contribution in [1.82, 2.24) is 5.32 Å². The monoisotopic (exact) mass is 391 g/mol. The first-order valence-electron chi connectivity index (χ1n) is 6.18. The Morgan fingerprint density at radius 1 is 1.42 bits per heavy atom. The fourth-order valence-corrected chi connectivity index (χ4v) is 2.61. The number of hydrogen-bond acceptors (Lipinski definition) is 2. The lowest BCUT2D eigenvalue weighted by Gasteiger charge is -2.19. The second-order valence-corrected chi connectivity index (χ2v) is 6.36. The van der Waals surface area contributed by atoms with E-state index < -0.39 is 0 Å². The highest BCUT2D eigenvalue weighted by molar-refractivity contribution is 9.10. The van der Waals surface area contributed by atoms with Gasteiger partial charge in [0.1, 0.15) is 5.75 Å². The van der Waals surface area contributed by atoms with E-state index in [1.807, 2.05) is 6.07 Å². The summed E-state index contributed by atoms with van der Waals surface area (Å²) in [4.78, 5) is 12.3. The largest absolute Gasteiger partial charge is 0.496 e. The van der Waals surface area contributed by atoms with Crippen LogP contribution in [0.4, 0.5) is 0 Å². The number of rotatable bonds is 6. The Morgan fingerprint density at radius 3 is 2.63 bits per heavy atom. The van der Waals surface area contributed by atoms with Crippen LogP contribution in [0, 0.1) is 5.92 Å². The highest BCUT2D eigenvalue weighted by atomic mass is 79.9. The summed E-state index contributed by atoms with van der Waals surface area (Å²) in [6.07, 6.45) is 0.940. The molecule has 5 heteroatoms. The van der Waals surface area contributed by atoms with Crippen LogP contribution in [0.15, 0.2) is 22.7 Å². The summed E-state index contributed by atoms with van der Waals surface area (Å²) in [6, 6.07) is 5.52. The molecule has 0 aliphatic carbocycles. The smallest absolute Gasteiger partial charge is 0.255 e. The van der Waals surface area contributed by atoms with E-state index in [2.05, 4.69) is 51.0 Å². The van der Waals surface area contributed by atoms with Crippen LogP contribution in [0.1, 0.15) is 30.6 Å². The molecule has 1 atom stereocenters. The molecule has 0 spiro atoms. The average molecular weight is 393 g/mol. The minimum atomic E-state index is -0.102. The third-order valence-electron chi connectivity index (χ3n) is 2.69. The van der Waals surface area contributed by atoms with E-state index in [4.69, 9.17) is 4.74 Å². The van der Waals surface area contributed by atoms with E-state index in [1.165, 1.54) is 0 Å². The van der Waals surface area contributed by atoms with E-state index in [9.17, 15) is 4.79 Å². The maximum atomic E-state index is 12.3. The van der Waals surface area contributed by atoms with Gasteiger partial charge in [-0.1, -0.05) is 45.7 Å². The van der Waals surface area contributed by atoms with Gasteiger partial charge in [-0.2, -0.15) is 0 Å². The topological polar surface area (TPSA) is 38.3 Å². The minimum Gasteiger partial charge on any atom is -0.496 e. The van der Waals surface area contributed by atoms with Crippen LogP contribution in [0.5, 0.6) is 5.75 Å². The van der Waals surface area contributed by atoms with E-state index in [-0.39, 0.29) is 11.9 Å². The molecule has 0 saturated carbocycles. The lowest BCUT2D eigenvalue weighted by atomic mass is 10.0. The molecule has 1 aromatic rings. The Bertz CT molecular complexity index is 435. The van der Waals surface area contributed by atoms with E-state index in [0.29, 0.717) is 17.2 Å². The maximum Gasteiger partial charge on any atom is 0.255 e. The third-order valence-corrected chi connectivity index (χ3v) is 3.96. The van der Waals surface area contributed by atoms with Crippen molar-refractivity contribution in [2.45, 2.75) is 26.3 Å². The average Bonchev–Trinajstić information content (AvgIpc) is 2.36.